The Labute approximate surface area is 143 Å². The van der Waals surface area contributed by atoms with E-state index in [4.69, 9.17) is 10.5 Å². The molecule has 0 spiro atoms. The topological polar surface area (TPSA) is 64.3 Å². The largest absolute Gasteiger partial charge is 0.497 e. The summed E-state index contributed by atoms with van der Waals surface area (Å²) in [7, 11) is 1.30. The molecule has 7 heteroatoms. The first-order chi connectivity index (χ1) is 11.8. The van der Waals surface area contributed by atoms with Crippen LogP contribution in [0.15, 0.2) is 42.5 Å². The summed E-state index contributed by atoms with van der Waals surface area (Å²) >= 11 is 0. The monoisotopic (exact) mass is 352 g/mol. The molecular weight excluding hydrogens is 333 g/mol. The molecule has 0 bridgehead atoms. The van der Waals surface area contributed by atoms with E-state index in [0.717, 1.165) is 11.6 Å². The predicted octanol–water partition coefficient (Wildman–Crippen LogP) is 3.55. The predicted molar refractivity (Wildman–Crippen MR) is 89.0 cm³/mol. The molecule has 0 atom stereocenters. The SMILES string of the molecule is COc1ccc(CNC(=O)CCc2ccccc2N)c(C(F)(F)F)c1. The summed E-state index contributed by atoms with van der Waals surface area (Å²) in [4.78, 5) is 11.9. The summed E-state index contributed by atoms with van der Waals surface area (Å²) in [6.07, 6.45) is -3.95. The Morgan fingerprint density at radius 2 is 1.88 bits per heavy atom. The number of aryl methyl sites for hydroxylation is 1. The Morgan fingerprint density at radius 1 is 1.16 bits per heavy atom. The van der Waals surface area contributed by atoms with Crippen molar-refractivity contribution < 1.29 is 22.7 Å². The minimum atomic E-state index is -4.52. The summed E-state index contributed by atoms with van der Waals surface area (Å²) in [5.74, 6) is -0.228. The second-order valence-corrected chi connectivity index (χ2v) is 5.50. The van der Waals surface area contributed by atoms with Crippen LogP contribution < -0.4 is 15.8 Å². The average Bonchev–Trinajstić information content (AvgIpc) is 2.58. The van der Waals surface area contributed by atoms with E-state index in [0.29, 0.717) is 12.1 Å². The molecule has 2 aromatic carbocycles. The number of methoxy groups -OCH3 is 1. The number of ether oxygens (including phenoxy) is 1. The lowest BCUT2D eigenvalue weighted by Crippen LogP contribution is -2.24. The highest BCUT2D eigenvalue weighted by molar-refractivity contribution is 5.76. The van der Waals surface area contributed by atoms with Crippen molar-refractivity contribution in [2.75, 3.05) is 12.8 Å². The van der Waals surface area contributed by atoms with Crippen molar-refractivity contribution >= 4 is 11.6 Å². The minimum Gasteiger partial charge on any atom is -0.497 e. The number of nitrogens with one attached hydrogen (secondary N) is 1. The molecule has 0 radical (unpaired) electrons. The van der Waals surface area contributed by atoms with Crippen LogP contribution in [0, 0.1) is 0 Å². The quantitative estimate of drug-likeness (QED) is 0.782. The van der Waals surface area contributed by atoms with Gasteiger partial charge in [-0.15, -0.1) is 0 Å². The second kappa shape index (κ2) is 7.92. The minimum absolute atomic E-state index is 0.0131. The van der Waals surface area contributed by atoms with Gasteiger partial charge in [-0.2, -0.15) is 13.2 Å². The highest BCUT2D eigenvalue weighted by Crippen LogP contribution is 2.34. The van der Waals surface area contributed by atoms with Crippen LogP contribution in [0.5, 0.6) is 5.75 Å². The fourth-order valence-corrected chi connectivity index (χ4v) is 2.39. The van der Waals surface area contributed by atoms with Gasteiger partial charge in [0.2, 0.25) is 5.91 Å². The molecule has 0 saturated heterocycles. The van der Waals surface area contributed by atoms with Gasteiger partial charge in [0.05, 0.1) is 12.7 Å². The maximum atomic E-state index is 13.1. The van der Waals surface area contributed by atoms with E-state index < -0.39 is 11.7 Å². The van der Waals surface area contributed by atoms with E-state index in [9.17, 15) is 18.0 Å². The molecule has 4 nitrogen and oxygen atoms in total. The normalized spacial score (nSPS) is 11.2. The second-order valence-electron chi connectivity index (χ2n) is 5.50. The number of rotatable bonds is 6. The van der Waals surface area contributed by atoms with Gasteiger partial charge in [0.15, 0.2) is 0 Å². The molecule has 0 heterocycles. The molecular formula is C18H19F3N2O2. The van der Waals surface area contributed by atoms with Crippen molar-refractivity contribution in [3.63, 3.8) is 0 Å². The van der Waals surface area contributed by atoms with Gasteiger partial charge in [-0.05, 0) is 35.7 Å². The molecule has 0 aliphatic carbocycles. The highest BCUT2D eigenvalue weighted by Gasteiger charge is 2.33. The van der Waals surface area contributed by atoms with E-state index in [1.165, 1.54) is 19.2 Å². The lowest BCUT2D eigenvalue weighted by molar-refractivity contribution is -0.138. The maximum Gasteiger partial charge on any atom is 0.416 e. The van der Waals surface area contributed by atoms with E-state index in [2.05, 4.69) is 5.32 Å². The first kappa shape index (κ1) is 18.6. The Balaban J connectivity index is 1.99. The molecule has 2 aromatic rings. The fourth-order valence-electron chi connectivity index (χ4n) is 2.39. The zero-order chi connectivity index (χ0) is 18.4. The van der Waals surface area contributed by atoms with E-state index >= 15 is 0 Å². The number of anilines is 1. The van der Waals surface area contributed by atoms with Gasteiger partial charge in [-0.3, -0.25) is 4.79 Å². The molecule has 0 aromatic heterocycles. The molecule has 25 heavy (non-hydrogen) atoms. The van der Waals surface area contributed by atoms with Crippen LogP contribution in [-0.2, 0) is 23.9 Å². The molecule has 0 aliphatic rings. The molecule has 0 saturated carbocycles. The number of carbonyl (C=O) groups excluding carboxylic acids is 1. The van der Waals surface area contributed by atoms with Crippen LogP contribution in [-0.4, -0.2) is 13.0 Å². The summed E-state index contributed by atoms with van der Waals surface area (Å²) in [6.45, 7) is -0.206. The van der Waals surface area contributed by atoms with Gasteiger partial charge in [0, 0.05) is 18.7 Å². The van der Waals surface area contributed by atoms with Gasteiger partial charge in [0.1, 0.15) is 5.75 Å². The molecule has 0 unspecified atom stereocenters. The van der Waals surface area contributed by atoms with E-state index in [1.807, 2.05) is 12.1 Å². The Hall–Kier alpha value is -2.70. The van der Waals surface area contributed by atoms with Crippen molar-refractivity contribution in [2.45, 2.75) is 25.6 Å². The average molecular weight is 352 g/mol. The number of hydrogen-bond acceptors (Lipinski definition) is 3. The molecule has 134 valence electrons. The number of halogens is 3. The lowest BCUT2D eigenvalue weighted by Gasteiger charge is -2.15. The number of hydrogen-bond donors (Lipinski definition) is 2. The highest BCUT2D eigenvalue weighted by atomic mass is 19.4. The Morgan fingerprint density at radius 3 is 2.52 bits per heavy atom. The van der Waals surface area contributed by atoms with Crippen molar-refractivity contribution in [2.24, 2.45) is 0 Å². The van der Waals surface area contributed by atoms with E-state index in [1.54, 1.807) is 12.1 Å². The lowest BCUT2D eigenvalue weighted by atomic mass is 10.1. The number of alkyl halides is 3. The van der Waals surface area contributed by atoms with Crippen molar-refractivity contribution in [3.8, 4) is 5.75 Å². The van der Waals surface area contributed by atoms with Gasteiger partial charge in [-0.25, -0.2) is 0 Å². The Bertz CT molecular complexity index is 745. The number of benzene rings is 2. The van der Waals surface area contributed by atoms with Crippen molar-refractivity contribution in [1.82, 2.24) is 5.32 Å². The number of nitrogens with two attached hydrogens (primary N) is 1. The van der Waals surface area contributed by atoms with Gasteiger partial charge >= 0.3 is 6.18 Å². The van der Waals surface area contributed by atoms with Crippen LogP contribution in [0.4, 0.5) is 18.9 Å². The third-order valence-corrected chi connectivity index (χ3v) is 3.77. The van der Waals surface area contributed by atoms with Gasteiger partial charge in [-0.1, -0.05) is 24.3 Å². The zero-order valence-corrected chi connectivity index (χ0v) is 13.7. The third-order valence-electron chi connectivity index (χ3n) is 3.77. The zero-order valence-electron chi connectivity index (χ0n) is 13.7. The first-order valence-corrected chi connectivity index (χ1v) is 7.65. The summed E-state index contributed by atoms with van der Waals surface area (Å²) in [6, 6.07) is 10.8. The van der Waals surface area contributed by atoms with Crippen LogP contribution in [0.1, 0.15) is 23.1 Å². The molecule has 1 amide bonds. The smallest absolute Gasteiger partial charge is 0.416 e. The van der Waals surface area contributed by atoms with Gasteiger partial charge < -0.3 is 15.8 Å². The number of para-hydroxylation sites is 1. The first-order valence-electron chi connectivity index (χ1n) is 7.65. The maximum absolute atomic E-state index is 13.1. The number of nitrogen functional groups attached to an aromatic ring is 1. The van der Waals surface area contributed by atoms with Crippen LogP contribution in [0.2, 0.25) is 0 Å². The van der Waals surface area contributed by atoms with Crippen LogP contribution in [0.3, 0.4) is 0 Å². The molecule has 3 N–H and O–H groups in total. The molecule has 0 aliphatic heterocycles. The Kier molecular flexibility index (Phi) is 5.90. The molecule has 2 rings (SSSR count). The number of carbonyl (C=O) groups is 1. The van der Waals surface area contributed by atoms with Crippen molar-refractivity contribution in [3.05, 3.63) is 59.2 Å². The summed E-state index contributed by atoms with van der Waals surface area (Å²) in [5, 5.41) is 2.52. The number of amides is 1. The summed E-state index contributed by atoms with van der Waals surface area (Å²) in [5.41, 5.74) is 6.38. The third kappa shape index (κ3) is 5.14. The van der Waals surface area contributed by atoms with Crippen LogP contribution >= 0.6 is 0 Å². The van der Waals surface area contributed by atoms with E-state index in [-0.39, 0.29) is 30.2 Å². The van der Waals surface area contributed by atoms with Crippen LogP contribution in [0.25, 0.3) is 0 Å². The summed E-state index contributed by atoms with van der Waals surface area (Å²) < 4.78 is 44.2. The molecule has 0 fully saturated rings. The standard InChI is InChI=1S/C18H19F3N2O2/c1-25-14-8-6-13(15(10-14)18(19,20)21)11-23-17(24)9-7-12-4-2-3-5-16(12)22/h2-6,8,10H,7,9,11,22H2,1H3,(H,23,24). The fraction of sp³-hybridized carbons (Fsp3) is 0.278. The van der Waals surface area contributed by atoms with Gasteiger partial charge in [0.25, 0.3) is 0 Å². The van der Waals surface area contributed by atoms with Crippen molar-refractivity contribution in [1.29, 1.82) is 0 Å².